The van der Waals surface area contributed by atoms with Gasteiger partial charge in [0, 0.05) is 17.3 Å². The van der Waals surface area contributed by atoms with Crippen molar-refractivity contribution in [2.24, 2.45) is 0 Å². The van der Waals surface area contributed by atoms with E-state index in [1.165, 1.54) is 7.11 Å². The Hall–Kier alpha value is -2.39. The molecule has 0 saturated carbocycles. The number of ether oxygens (including phenoxy) is 2. The summed E-state index contributed by atoms with van der Waals surface area (Å²) >= 11 is 8.33. The Kier molecular flexibility index (Phi) is 6.12. The van der Waals surface area contributed by atoms with Crippen molar-refractivity contribution >= 4 is 62.7 Å². The van der Waals surface area contributed by atoms with E-state index in [2.05, 4.69) is 37.6 Å². The lowest BCUT2D eigenvalue weighted by Crippen LogP contribution is -2.20. The molecule has 1 aromatic heterocycles. The van der Waals surface area contributed by atoms with Gasteiger partial charge in [0.25, 0.3) is 5.91 Å². The van der Waals surface area contributed by atoms with Gasteiger partial charge in [-0.05, 0) is 65.1 Å². The number of pyridine rings is 1. The van der Waals surface area contributed by atoms with Gasteiger partial charge in [-0.15, -0.1) is 0 Å². The molecule has 3 aromatic rings. The number of hydrogen-bond donors (Lipinski definition) is 1. The van der Waals surface area contributed by atoms with Crippen LogP contribution in [0.15, 0.2) is 48.7 Å². The van der Waals surface area contributed by atoms with Gasteiger partial charge in [0.05, 0.1) is 21.3 Å². The number of fused-ring (bicyclic) bond motifs is 1. The number of carbonyl (C=O) groups excluding carboxylic acids is 2. The molecule has 8 heteroatoms. The Labute approximate surface area is 174 Å². The van der Waals surface area contributed by atoms with Crippen molar-refractivity contribution in [1.82, 2.24) is 4.98 Å². The van der Waals surface area contributed by atoms with E-state index >= 15 is 0 Å². The quantitative estimate of drug-likeness (QED) is 0.421. The van der Waals surface area contributed by atoms with Gasteiger partial charge < -0.3 is 14.8 Å². The molecule has 1 heterocycles. The van der Waals surface area contributed by atoms with Gasteiger partial charge in [0.1, 0.15) is 5.52 Å². The molecule has 0 bridgehead atoms. The molecule has 27 heavy (non-hydrogen) atoms. The van der Waals surface area contributed by atoms with Crippen molar-refractivity contribution in [3.63, 3.8) is 0 Å². The summed E-state index contributed by atoms with van der Waals surface area (Å²) in [5.74, 6) is -0.268. The van der Waals surface area contributed by atoms with Crippen LogP contribution in [-0.4, -0.2) is 30.6 Å². The lowest BCUT2D eigenvalue weighted by molar-refractivity contribution is -0.118. The molecule has 2 aromatic carbocycles. The second kappa shape index (κ2) is 8.53. The number of methoxy groups -OCH3 is 1. The van der Waals surface area contributed by atoms with Gasteiger partial charge in [0.15, 0.2) is 12.4 Å². The second-order valence-corrected chi connectivity index (χ2v) is 7.04. The first kappa shape index (κ1) is 19.4. The van der Waals surface area contributed by atoms with E-state index in [4.69, 9.17) is 16.3 Å². The van der Waals surface area contributed by atoms with Crippen LogP contribution in [0.25, 0.3) is 10.9 Å². The van der Waals surface area contributed by atoms with Gasteiger partial charge in [-0.25, -0.2) is 4.79 Å². The van der Waals surface area contributed by atoms with E-state index in [0.717, 1.165) is 8.96 Å². The van der Waals surface area contributed by atoms with Crippen LogP contribution in [-0.2, 0) is 9.53 Å². The summed E-state index contributed by atoms with van der Waals surface area (Å²) in [7, 11) is 1.31. The highest BCUT2D eigenvalue weighted by Crippen LogP contribution is 2.34. The van der Waals surface area contributed by atoms with Crippen LogP contribution in [0.3, 0.4) is 0 Å². The molecule has 0 aliphatic rings. The fourth-order valence-electron chi connectivity index (χ4n) is 2.43. The third-order valence-corrected chi connectivity index (χ3v) is 4.80. The summed E-state index contributed by atoms with van der Waals surface area (Å²) < 4.78 is 11.1. The average Bonchev–Trinajstić information content (AvgIpc) is 2.68. The van der Waals surface area contributed by atoms with E-state index in [9.17, 15) is 9.59 Å². The normalized spacial score (nSPS) is 10.5. The fraction of sp³-hybridized carbons (Fsp3) is 0.105. The molecular formula is C19H14ClIN2O4. The van der Waals surface area contributed by atoms with E-state index in [1.54, 1.807) is 42.6 Å². The number of aromatic nitrogens is 1. The molecule has 0 aliphatic carbocycles. The van der Waals surface area contributed by atoms with Gasteiger partial charge in [-0.1, -0.05) is 11.6 Å². The van der Waals surface area contributed by atoms with Crippen LogP contribution in [0.4, 0.5) is 5.69 Å². The molecule has 0 fully saturated rings. The number of amides is 1. The Bertz CT molecular complexity index is 1010. The highest BCUT2D eigenvalue weighted by molar-refractivity contribution is 14.1. The van der Waals surface area contributed by atoms with Gasteiger partial charge >= 0.3 is 5.97 Å². The topological polar surface area (TPSA) is 77.5 Å². The number of rotatable bonds is 5. The van der Waals surface area contributed by atoms with Crippen LogP contribution >= 0.6 is 34.2 Å². The van der Waals surface area contributed by atoms with Crippen LogP contribution in [0, 0.1) is 3.57 Å². The van der Waals surface area contributed by atoms with Crippen molar-refractivity contribution in [2.75, 3.05) is 19.0 Å². The van der Waals surface area contributed by atoms with Gasteiger partial charge in [0.2, 0.25) is 0 Å². The Morgan fingerprint density at radius 2 is 1.96 bits per heavy atom. The van der Waals surface area contributed by atoms with E-state index in [-0.39, 0.29) is 12.5 Å². The lowest BCUT2D eigenvalue weighted by Gasteiger charge is -2.12. The molecule has 3 rings (SSSR count). The maximum absolute atomic E-state index is 12.2. The zero-order chi connectivity index (χ0) is 19.4. The van der Waals surface area contributed by atoms with Crippen LogP contribution < -0.4 is 10.1 Å². The molecular weight excluding hydrogens is 483 g/mol. The molecule has 0 atom stereocenters. The summed E-state index contributed by atoms with van der Waals surface area (Å²) in [6.07, 6.45) is 1.64. The summed E-state index contributed by atoms with van der Waals surface area (Å²) in [6.45, 7) is -0.192. The number of halogens is 2. The smallest absolute Gasteiger partial charge is 0.337 e. The molecule has 0 aliphatic heterocycles. The van der Waals surface area contributed by atoms with E-state index in [1.807, 2.05) is 6.07 Å². The molecule has 138 valence electrons. The summed E-state index contributed by atoms with van der Waals surface area (Å²) in [5, 5.41) is 4.04. The number of esters is 1. The minimum atomic E-state index is -0.437. The maximum Gasteiger partial charge on any atom is 0.337 e. The number of hydrogen-bond acceptors (Lipinski definition) is 5. The highest BCUT2D eigenvalue weighted by atomic mass is 127. The first-order valence-electron chi connectivity index (χ1n) is 7.83. The minimum Gasteiger partial charge on any atom is -0.480 e. The Morgan fingerprint density at radius 1 is 1.22 bits per heavy atom. The largest absolute Gasteiger partial charge is 0.480 e. The average molecular weight is 497 g/mol. The second-order valence-electron chi connectivity index (χ2n) is 5.47. The van der Waals surface area contributed by atoms with Crippen LogP contribution in [0.5, 0.6) is 5.75 Å². The van der Waals surface area contributed by atoms with Crippen molar-refractivity contribution in [1.29, 1.82) is 0 Å². The van der Waals surface area contributed by atoms with Gasteiger partial charge in [-0.3, -0.25) is 9.78 Å². The molecule has 0 unspecified atom stereocenters. The lowest BCUT2D eigenvalue weighted by atomic mass is 10.2. The summed E-state index contributed by atoms with van der Waals surface area (Å²) in [5.41, 5.74) is 1.55. The third kappa shape index (κ3) is 4.48. The SMILES string of the molecule is COC(=O)c1ccc(NC(=O)COc2c(I)cc(Cl)c3cccnc23)cc1. The monoisotopic (exact) mass is 496 g/mol. The first-order valence-corrected chi connectivity index (χ1v) is 9.29. The molecule has 0 saturated heterocycles. The summed E-state index contributed by atoms with van der Waals surface area (Å²) in [6, 6.07) is 11.8. The number of anilines is 1. The molecule has 1 amide bonds. The van der Waals surface area contributed by atoms with E-state index in [0.29, 0.717) is 27.5 Å². The van der Waals surface area contributed by atoms with Gasteiger partial charge in [-0.2, -0.15) is 0 Å². The number of benzene rings is 2. The van der Waals surface area contributed by atoms with E-state index < -0.39 is 5.97 Å². The highest BCUT2D eigenvalue weighted by Gasteiger charge is 2.14. The first-order chi connectivity index (χ1) is 13.0. The minimum absolute atomic E-state index is 0.192. The zero-order valence-electron chi connectivity index (χ0n) is 14.2. The van der Waals surface area contributed by atoms with Crippen molar-refractivity contribution < 1.29 is 19.1 Å². The maximum atomic E-state index is 12.2. The fourth-order valence-corrected chi connectivity index (χ4v) is 3.59. The molecule has 1 N–H and O–H groups in total. The number of carbonyl (C=O) groups is 2. The van der Waals surface area contributed by atoms with Crippen molar-refractivity contribution in [3.8, 4) is 5.75 Å². The zero-order valence-corrected chi connectivity index (χ0v) is 17.1. The van der Waals surface area contributed by atoms with Crippen molar-refractivity contribution in [3.05, 3.63) is 62.8 Å². The standard InChI is InChI=1S/C19H14ClIN2O4/c1-26-19(25)11-4-6-12(7-5-11)23-16(24)10-27-18-15(21)9-14(20)13-3-2-8-22-17(13)18/h2-9H,10H2,1H3,(H,23,24). The number of nitrogens with one attached hydrogen (secondary N) is 1. The molecule has 0 radical (unpaired) electrons. The predicted octanol–water partition coefficient (Wildman–Crippen LogP) is 4.30. The third-order valence-electron chi connectivity index (χ3n) is 3.69. The molecule has 6 nitrogen and oxygen atoms in total. The summed E-state index contributed by atoms with van der Waals surface area (Å²) in [4.78, 5) is 27.9. The van der Waals surface area contributed by atoms with Crippen LogP contribution in [0.2, 0.25) is 5.02 Å². The molecule has 0 spiro atoms. The predicted molar refractivity (Wildman–Crippen MR) is 111 cm³/mol. The Morgan fingerprint density at radius 3 is 2.67 bits per heavy atom. The Balaban J connectivity index is 1.69. The van der Waals surface area contributed by atoms with Crippen molar-refractivity contribution in [2.45, 2.75) is 0 Å². The van der Waals surface area contributed by atoms with Crippen LogP contribution in [0.1, 0.15) is 10.4 Å². The number of nitrogens with zero attached hydrogens (tertiary/aromatic N) is 1.